The van der Waals surface area contributed by atoms with Crippen molar-refractivity contribution in [3.05, 3.63) is 28.2 Å². The Morgan fingerprint density at radius 3 is 2.74 bits per heavy atom. The number of rotatable bonds is 2. The van der Waals surface area contributed by atoms with Gasteiger partial charge in [0.1, 0.15) is 0 Å². The second-order valence-electron chi connectivity index (χ2n) is 5.94. The van der Waals surface area contributed by atoms with E-state index in [-0.39, 0.29) is 0 Å². The number of hydrogen-bond donors (Lipinski definition) is 1. The molecule has 0 bridgehead atoms. The van der Waals surface area contributed by atoms with Crippen LogP contribution in [0.15, 0.2) is 22.7 Å². The zero-order valence-electron chi connectivity index (χ0n) is 11.4. The molecule has 1 heterocycles. The smallest absolute Gasteiger partial charge is 0.338 e. The average molecular weight is 326 g/mol. The summed E-state index contributed by atoms with van der Waals surface area (Å²) in [4.78, 5) is 13.7. The highest BCUT2D eigenvalue weighted by molar-refractivity contribution is 9.10. The summed E-state index contributed by atoms with van der Waals surface area (Å²) in [6.07, 6.45) is 3.40. The Balaban J connectivity index is 2.32. The van der Waals surface area contributed by atoms with Crippen molar-refractivity contribution < 1.29 is 9.90 Å². The van der Waals surface area contributed by atoms with Gasteiger partial charge < -0.3 is 10.0 Å². The lowest BCUT2D eigenvalue weighted by Crippen LogP contribution is -2.27. The quantitative estimate of drug-likeness (QED) is 0.887. The van der Waals surface area contributed by atoms with Gasteiger partial charge >= 0.3 is 5.97 Å². The SMILES string of the molecule is CC1(C)CCCN(c2cccc(Br)c2C(=O)O)CC1. The summed E-state index contributed by atoms with van der Waals surface area (Å²) in [6, 6.07) is 5.60. The highest BCUT2D eigenvalue weighted by atomic mass is 79.9. The van der Waals surface area contributed by atoms with Crippen molar-refractivity contribution in [3.8, 4) is 0 Å². The van der Waals surface area contributed by atoms with Crippen LogP contribution in [0.4, 0.5) is 5.69 Å². The molecule has 1 aromatic rings. The van der Waals surface area contributed by atoms with E-state index in [0.29, 0.717) is 15.5 Å². The maximum absolute atomic E-state index is 11.4. The first kappa shape index (κ1) is 14.4. The third-order valence-electron chi connectivity index (χ3n) is 3.89. The Bertz CT molecular complexity index is 485. The van der Waals surface area contributed by atoms with Gasteiger partial charge in [0.2, 0.25) is 0 Å². The normalized spacial score (nSPS) is 19.0. The van der Waals surface area contributed by atoms with Crippen molar-refractivity contribution in [1.82, 2.24) is 0 Å². The van der Waals surface area contributed by atoms with E-state index >= 15 is 0 Å². The number of aromatic carboxylic acids is 1. The molecule has 0 spiro atoms. The van der Waals surface area contributed by atoms with E-state index in [1.54, 1.807) is 6.07 Å². The molecule has 1 aliphatic rings. The third-order valence-corrected chi connectivity index (χ3v) is 4.55. The van der Waals surface area contributed by atoms with Crippen molar-refractivity contribution in [2.45, 2.75) is 33.1 Å². The minimum atomic E-state index is -0.869. The molecule has 0 aliphatic carbocycles. The minimum absolute atomic E-state index is 0.351. The van der Waals surface area contributed by atoms with Gasteiger partial charge in [-0.1, -0.05) is 19.9 Å². The van der Waals surface area contributed by atoms with Crippen LogP contribution < -0.4 is 4.90 Å². The first-order valence-electron chi connectivity index (χ1n) is 6.67. The molecular weight excluding hydrogens is 306 g/mol. The Labute approximate surface area is 122 Å². The number of carboxylic acid groups (broad SMARTS) is 1. The molecule has 1 N–H and O–H groups in total. The zero-order valence-corrected chi connectivity index (χ0v) is 13.0. The first-order valence-corrected chi connectivity index (χ1v) is 7.47. The molecule has 3 nitrogen and oxygen atoms in total. The highest BCUT2D eigenvalue weighted by Gasteiger charge is 2.25. The number of nitrogens with zero attached hydrogens (tertiary/aromatic N) is 1. The lowest BCUT2D eigenvalue weighted by molar-refractivity contribution is 0.0696. The van der Waals surface area contributed by atoms with Crippen molar-refractivity contribution in [1.29, 1.82) is 0 Å². The number of carbonyl (C=O) groups is 1. The van der Waals surface area contributed by atoms with Crippen LogP contribution in [0.25, 0.3) is 0 Å². The monoisotopic (exact) mass is 325 g/mol. The van der Waals surface area contributed by atoms with Gasteiger partial charge in [0.05, 0.1) is 11.3 Å². The van der Waals surface area contributed by atoms with E-state index in [2.05, 4.69) is 34.7 Å². The number of carboxylic acids is 1. The summed E-state index contributed by atoms with van der Waals surface area (Å²) in [5.74, 6) is -0.869. The molecule has 0 saturated carbocycles. The van der Waals surface area contributed by atoms with Crippen LogP contribution in [0, 0.1) is 5.41 Å². The molecule has 0 atom stereocenters. The minimum Gasteiger partial charge on any atom is -0.478 e. The highest BCUT2D eigenvalue weighted by Crippen LogP contribution is 2.34. The predicted octanol–water partition coefficient (Wildman–Crippen LogP) is 4.16. The van der Waals surface area contributed by atoms with Crippen LogP contribution >= 0.6 is 15.9 Å². The maximum Gasteiger partial charge on any atom is 0.338 e. The Hall–Kier alpha value is -1.03. The van der Waals surface area contributed by atoms with Gasteiger partial charge in [0, 0.05) is 17.6 Å². The van der Waals surface area contributed by atoms with Crippen LogP contribution in [-0.2, 0) is 0 Å². The van der Waals surface area contributed by atoms with E-state index < -0.39 is 5.97 Å². The molecule has 1 fully saturated rings. The van der Waals surface area contributed by atoms with E-state index in [0.717, 1.165) is 31.6 Å². The molecule has 1 saturated heterocycles. The number of anilines is 1. The van der Waals surface area contributed by atoms with Crippen molar-refractivity contribution >= 4 is 27.6 Å². The first-order chi connectivity index (χ1) is 8.91. The standard InChI is InChI=1S/C15H20BrNO2/c1-15(2)7-4-9-17(10-8-15)12-6-3-5-11(16)13(12)14(18)19/h3,5-6H,4,7-10H2,1-2H3,(H,18,19). The molecule has 4 heteroatoms. The number of benzene rings is 1. The molecule has 0 aromatic heterocycles. The molecular formula is C15H20BrNO2. The number of halogens is 1. The van der Waals surface area contributed by atoms with Crippen LogP contribution in [0.5, 0.6) is 0 Å². The molecule has 1 aliphatic heterocycles. The summed E-state index contributed by atoms with van der Waals surface area (Å²) in [5.41, 5.74) is 1.56. The second-order valence-corrected chi connectivity index (χ2v) is 6.80. The lowest BCUT2D eigenvalue weighted by atomic mass is 9.85. The molecule has 2 rings (SSSR count). The zero-order chi connectivity index (χ0) is 14.0. The van der Waals surface area contributed by atoms with Crippen molar-refractivity contribution in [2.24, 2.45) is 5.41 Å². The molecule has 19 heavy (non-hydrogen) atoms. The number of hydrogen-bond acceptors (Lipinski definition) is 2. The van der Waals surface area contributed by atoms with Crippen LogP contribution in [-0.4, -0.2) is 24.2 Å². The van der Waals surface area contributed by atoms with Gasteiger partial charge in [-0.25, -0.2) is 4.79 Å². The van der Waals surface area contributed by atoms with Crippen molar-refractivity contribution in [3.63, 3.8) is 0 Å². The molecule has 0 amide bonds. The summed E-state index contributed by atoms with van der Waals surface area (Å²) in [7, 11) is 0. The van der Waals surface area contributed by atoms with Gasteiger partial charge in [-0.05, 0) is 52.7 Å². The summed E-state index contributed by atoms with van der Waals surface area (Å²) >= 11 is 3.35. The Morgan fingerprint density at radius 2 is 2.05 bits per heavy atom. The molecule has 0 radical (unpaired) electrons. The molecule has 104 valence electrons. The maximum atomic E-state index is 11.4. The summed E-state index contributed by atoms with van der Waals surface area (Å²) < 4.78 is 0.654. The largest absolute Gasteiger partial charge is 0.478 e. The van der Waals surface area contributed by atoms with Gasteiger partial charge in [-0.15, -0.1) is 0 Å². The van der Waals surface area contributed by atoms with Gasteiger partial charge in [-0.2, -0.15) is 0 Å². The van der Waals surface area contributed by atoms with Gasteiger partial charge in [0.25, 0.3) is 0 Å². The fraction of sp³-hybridized carbons (Fsp3) is 0.533. The fourth-order valence-corrected chi connectivity index (χ4v) is 3.18. The molecule has 0 unspecified atom stereocenters. The Morgan fingerprint density at radius 1 is 1.32 bits per heavy atom. The van der Waals surface area contributed by atoms with Crippen molar-refractivity contribution in [2.75, 3.05) is 18.0 Å². The van der Waals surface area contributed by atoms with Crippen LogP contribution in [0.3, 0.4) is 0 Å². The van der Waals surface area contributed by atoms with Crippen LogP contribution in [0.2, 0.25) is 0 Å². The topological polar surface area (TPSA) is 40.5 Å². The third kappa shape index (κ3) is 3.30. The summed E-state index contributed by atoms with van der Waals surface area (Å²) in [5, 5.41) is 9.39. The van der Waals surface area contributed by atoms with Gasteiger partial charge in [-0.3, -0.25) is 0 Å². The Kier molecular flexibility index (Phi) is 4.19. The van der Waals surface area contributed by atoms with E-state index in [1.165, 1.54) is 6.42 Å². The van der Waals surface area contributed by atoms with E-state index in [1.807, 2.05) is 12.1 Å². The fourth-order valence-electron chi connectivity index (χ4n) is 2.65. The molecule has 1 aromatic carbocycles. The summed E-state index contributed by atoms with van der Waals surface area (Å²) in [6.45, 7) is 6.43. The van der Waals surface area contributed by atoms with E-state index in [4.69, 9.17) is 0 Å². The predicted molar refractivity (Wildman–Crippen MR) is 80.9 cm³/mol. The lowest BCUT2D eigenvalue weighted by Gasteiger charge is -2.26. The second kappa shape index (κ2) is 5.53. The van der Waals surface area contributed by atoms with Crippen LogP contribution in [0.1, 0.15) is 43.5 Å². The van der Waals surface area contributed by atoms with Gasteiger partial charge in [0.15, 0.2) is 0 Å². The van der Waals surface area contributed by atoms with E-state index in [9.17, 15) is 9.90 Å². The average Bonchev–Trinajstić information content (AvgIpc) is 2.49.